The van der Waals surface area contributed by atoms with E-state index < -0.39 is 0 Å². The summed E-state index contributed by atoms with van der Waals surface area (Å²) in [5.74, 6) is 1.07. The lowest BCUT2D eigenvalue weighted by atomic mass is 9.93. The first-order chi connectivity index (χ1) is 8.24. The predicted molar refractivity (Wildman–Crippen MR) is 71.5 cm³/mol. The lowest BCUT2D eigenvalue weighted by Gasteiger charge is -2.32. The standard InChI is InChI=1S/C15H23NO/c1-4-5-6-12-10-14(16-3)13-9-11(2)7-8-15(13)17-12/h7-9,12,14,16H,4-6,10H2,1-3H3. The second-order valence-corrected chi connectivity index (χ2v) is 5.00. The minimum absolute atomic E-state index is 0.377. The van der Waals surface area contributed by atoms with Crippen molar-refractivity contribution in [1.82, 2.24) is 5.32 Å². The predicted octanol–water partition coefficient (Wildman–Crippen LogP) is 3.60. The SMILES string of the molecule is CCCCC1CC(NC)c2cc(C)ccc2O1. The Hall–Kier alpha value is -1.02. The van der Waals surface area contributed by atoms with E-state index in [-0.39, 0.29) is 0 Å². The third-order valence-electron chi connectivity index (χ3n) is 3.56. The van der Waals surface area contributed by atoms with Crippen LogP contribution >= 0.6 is 0 Å². The Morgan fingerprint density at radius 1 is 1.41 bits per heavy atom. The van der Waals surface area contributed by atoms with E-state index in [9.17, 15) is 0 Å². The first kappa shape index (κ1) is 12.4. The van der Waals surface area contributed by atoms with Crippen LogP contribution in [0.4, 0.5) is 0 Å². The zero-order chi connectivity index (χ0) is 12.3. The normalized spacial score (nSPS) is 23.0. The topological polar surface area (TPSA) is 21.3 Å². The number of hydrogen-bond donors (Lipinski definition) is 1. The molecule has 1 aliphatic heterocycles. The number of rotatable bonds is 4. The lowest BCUT2D eigenvalue weighted by molar-refractivity contribution is 0.140. The summed E-state index contributed by atoms with van der Waals surface area (Å²) in [5.41, 5.74) is 2.62. The molecule has 1 N–H and O–H groups in total. The molecule has 0 saturated heterocycles. The zero-order valence-corrected chi connectivity index (χ0v) is 11.1. The Morgan fingerprint density at radius 2 is 2.24 bits per heavy atom. The van der Waals surface area contributed by atoms with Crippen LogP contribution in [0.3, 0.4) is 0 Å². The molecule has 1 aromatic rings. The van der Waals surface area contributed by atoms with Crippen LogP contribution in [0.25, 0.3) is 0 Å². The quantitative estimate of drug-likeness (QED) is 0.858. The Labute approximate surface area is 104 Å². The van der Waals surface area contributed by atoms with Crippen LogP contribution in [0, 0.1) is 6.92 Å². The maximum absolute atomic E-state index is 6.08. The molecule has 1 heterocycles. The van der Waals surface area contributed by atoms with E-state index in [0.717, 1.165) is 12.2 Å². The third-order valence-corrected chi connectivity index (χ3v) is 3.56. The van der Waals surface area contributed by atoms with E-state index in [4.69, 9.17) is 4.74 Å². The molecule has 1 aliphatic rings. The molecule has 0 bridgehead atoms. The van der Waals surface area contributed by atoms with Crippen molar-refractivity contribution in [3.63, 3.8) is 0 Å². The summed E-state index contributed by atoms with van der Waals surface area (Å²) < 4.78 is 6.08. The van der Waals surface area contributed by atoms with Gasteiger partial charge in [0.25, 0.3) is 0 Å². The van der Waals surface area contributed by atoms with Crippen LogP contribution < -0.4 is 10.1 Å². The average Bonchev–Trinajstić information content (AvgIpc) is 2.35. The molecule has 0 fully saturated rings. The summed E-state index contributed by atoms with van der Waals surface area (Å²) in [6, 6.07) is 6.94. The number of hydrogen-bond acceptors (Lipinski definition) is 2. The Bertz CT molecular complexity index is 375. The van der Waals surface area contributed by atoms with Crippen LogP contribution in [-0.2, 0) is 0 Å². The van der Waals surface area contributed by atoms with Gasteiger partial charge in [0, 0.05) is 18.0 Å². The van der Waals surface area contributed by atoms with E-state index in [1.165, 1.54) is 30.4 Å². The molecule has 2 nitrogen and oxygen atoms in total. The fraction of sp³-hybridized carbons (Fsp3) is 0.600. The van der Waals surface area contributed by atoms with Crippen molar-refractivity contribution >= 4 is 0 Å². The molecule has 2 unspecified atom stereocenters. The van der Waals surface area contributed by atoms with Gasteiger partial charge in [0.1, 0.15) is 11.9 Å². The number of nitrogens with one attached hydrogen (secondary N) is 1. The largest absolute Gasteiger partial charge is 0.490 e. The van der Waals surface area contributed by atoms with E-state index in [1.54, 1.807) is 0 Å². The second-order valence-electron chi connectivity index (χ2n) is 5.00. The fourth-order valence-corrected chi connectivity index (χ4v) is 2.55. The van der Waals surface area contributed by atoms with Crippen molar-refractivity contribution in [2.75, 3.05) is 7.05 Å². The van der Waals surface area contributed by atoms with E-state index in [0.29, 0.717) is 12.1 Å². The molecule has 0 spiro atoms. The number of aryl methyl sites for hydroxylation is 1. The van der Waals surface area contributed by atoms with Crippen LogP contribution in [0.5, 0.6) is 5.75 Å². The number of fused-ring (bicyclic) bond motifs is 1. The van der Waals surface area contributed by atoms with E-state index in [2.05, 4.69) is 37.4 Å². The van der Waals surface area contributed by atoms with Crippen molar-refractivity contribution < 1.29 is 4.74 Å². The molecule has 2 heteroatoms. The van der Waals surface area contributed by atoms with Gasteiger partial charge in [0.05, 0.1) is 0 Å². The maximum Gasteiger partial charge on any atom is 0.124 e. The molecule has 17 heavy (non-hydrogen) atoms. The minimum Gasteiger partial charge on any atom is -0.490 e. The molecule has 2 rings (SSSR count). The Morgan fingerprint density at radius 3 is 2.94 bits per heavy atom. The molecule has 0 saturated carbocycles. The Balaban J connectivity index is 2.17. The van der Waals surface area contributed by atoms with Crippen LogP contribution in [0.15, 0.2) is 18.2 Å². The van der Waals surface area contributed by atoms with Gasteiger partial charge in [-0.1, -0.05) is 37.5 Å². The summed E-state index contributed by atoms with van der Waals surface area (Å²) in [6.07, 6.45) is 5.13. The monoisotopic (exact) mass is 233 g/mol. The van der Waals surface area contributed by atoms with Gasteiger partial charge in [-0.3, -0.25) is 0 Å². The summed E-state index contributed by atoms with van der Waals surface area (Å²) in [5, 5.41) is 3.41. The molecule has 2 atom stereocenters. The van der Waals surface area contributed by atoms with Crippen LogP contribution in [0.2, 0.25) is 0 Å². The van der Waals surface area contributed by atoms with Crippen LogP contribution in [-0.4, -0.2) is 13.2 Å². The number of benzene rings is 1. The van der Waals surface area contributed by atoms with Gasteiger partial charge in [-0.15, -0.1) is 0 Å². The molecular weight excluding hydrogens is 210 g/mol. The van der Waals surface area contributed by atoms with Gasteiger partial charge in [-0.05, 0) is 26.5 Å². The molecule has 94 valence electrons. The maximum atomic E-state index is 6.08. The highest BCUT2D eigenvalue weighted by atomic mass is 16.5. The van der Waals surface area contributed by atoms with Crippen molar-refractivity contribution in [3.05, 3.63) is 29.3 Å². The zero-order valence-electron chi connectivity index (χ0n) is 11.1. The molecule has 0 aromatic heterocycles. The third kappa shape index (κ3) is 2.81. The lowest BCUT2D eigenvalue weighted by Crippen LogP contribution is -2.31. The van der Waals surface area contributed by atoms with Crippen molar-refractivity contribution in [3.8, 4) is 5.75 Å². The van der Waals surface area contributed by atoms with Gasteiger partial charge in [-0.2, -0.15) is 0 Å². The second kappa shape index (κ2) is 5.54. The number of ether oxygens (including phenoxy) is 1. The molecule has 0 radical (unpaired) electrons. The Kier molecular flexibility index (Phi) is 4.06. The fourth-order valence-electron chi connectivity index (χ4n) is 2.55. The van der Waals surface area contributed by atoms with Crippen LogP contribution in [0.1, 0.15) is 49.8 Å². The average molecular weight is 233 g/mol. The van der Waals surface area contributed by atoms with Crippen molar-refractivity contribution in [1.29, 1.82) is 0 Å². The summed E-state index contributed by atoms with van der Waals surface area (Å²) in [4.78, 5) is 0. The minimum atomic E-state index is 0.377. The number of unbranched alkanes of at least 4 members (excludes halogenated alkanes) is 1. The van der Waals surface area contributed by atoms with E-state index in [1.807, 2.05) is 7.05 Å². The summed E-state index contributed by atoms with van der Waals surface area (Å²) in [6.45, 7) is 4.37. The highest BCUT2D eigenvalue weighted by molar-refractivity contribution is 5.40. The van der Waals surface area contributed by atoms with Gasteiger partial charge < -0.3 is 10.1 Å². The highest BCUT2D eigenvalue weighted by Crippen LogP contribution is 2.36. The first-order valence-corrected chi connectivity index (χ1v) is 6.69. The van der Waals surface area contributed by atoms with Crippen molar-refractivity contribution in [2.45, 2.75) is 51.7 Å². The highest BCUT2D eigenvalue weighted by Gasteiger charge is 2.26. The van der Waals surface area contributed by atoms with Gasteiger partial charge >= 0.3 is 0 Å². The van der Waals surface area contributed by atoms with Gasteiger partial charge in [-0.25, -0.2) is 0 Å². The molecule has 1 aromatic carbocycles. The smallest absolute Gasteiger partial charge is 0.124 e. The molecular formula is C15H23NO. The van der Waals surface area contributed by atoms with Crippen molar-refractivity contribution in [2.24, 2.45) is 0 Å². The summed E-state index contributed by atoms with van der Waals surface area (Å²) in [7, 11) is 2.04. The molecule has 0 amide bonds. The first-order valence-electron chi connectivity index (χ1n) is 6.69. The molecule has 0 aliphatic carbocycles. The summed E-state index contributed by atoms with van der Waals surface area (Å²) >= 11 is 0. The van der Waals surface area contributed by atoms with Gasteiger partial charge in [0.15, 0.2) is 0 Å². The van der Waals surface area contributed by atoms with Gasteiger partial charge in [0.2, 0.25) is 0 Å². The van der Waals surface area contributed by atoms with E-state index >= 15 is 0 Å².